The van der Waals surface area contributed by atoms with Gasteiger partial charge in [0.2, 0.25) is 0 Å². The van der Waals surface area contributed by atoms with Crippen molar-refractivity contribution in [2.24, 2.45) is 0 Å². The molecule has 0 aliphatic carbocycles. The van der Waals surface area contributed by atoms with Crippen LogP contribution < -0.4 is 5.32 Å². The first-order valence-electron chi connectivity index (χ1n) is 4.97. The molecular formula is C12H10BrNO2S. The summed E-state index contributed by atoms with van der Waals surface area (Å²) in [5, 5.41) is 12.3. The van der Waals surface area contributed by atoms with Crippen molar-refractivity contribution in [3.05, 3.63) is 50.6 Å². The van der Waals surface area contributed by atoms with Crippen LogP contribution in [0.5, 0.6) is 5.75 Å². The molecule has 1 aromatic heterocycles. The normalized spacial score (nSPS) is 10.2. The van der Waals surface area contributed by atoms with Gasteiger partial charge in [0.25, 0.3) is 5.91 Å². The van der Waals surface area contributed by atoms with E-state index >= 15 is 0 Å². The highest BCUT2D eigenvalue weighted by Crippen LogP contribution is 2.22. The van der Waals surface area contributed by atoms with Crippen LogP contribution in [0.1, 0.15) is 15.2 Å². The minimum absolute atomic E-state index is 0.135. The minimum Gasteiger partial charge on any atom is -0.508 e. The summed E-state index contributed by atoms with van der Waals surface area (Å²) in [5.74, 6) is 0.0594. The number of hydrogen-bond acceptors (Lipinski definition) is 3. The van der Waals surface area contributed by atoms with Crippen molar-refractivity contribution in [2.75, 3.05) is 0 Å². The lowest BCUT2D eigenvalue weighted by molar-refractivity contribution is 0.0955. The van der Waals surface area contributed by atoms with Gasteiger partial charge in [-0.1, -0.05) is 18.2 Å². The maximum atomic E-state index is 11.7. The molecule has 0 atom stereocenters. The van der Waals surface area contributed by atoms with Crippen LogP contribution in [0.25, 0.3) is 0 Å². The number of aromatic hydroxyl groups is 1. The van der Waals surface area contributed by atoms with Crippen molar-refractivity contribution in [3.8, 4) is 5.75 Å². The van der Waals surface area contributed by atoms with Crippen molar-refractivity contribution in [3.63, 3.8) is 0 Å². The lowest BCUT2D eigenvalue weighted by atomic mass is 10.2. The Kier molecular flexibility index (Phi) is 3.81. The molecule has 0 radical (unpaired) electrons. The Morgan fingerprint density at radius 1 is 1.29 bits per heavy atom. The Morgan fingerprint density at radius 2 is 2.06 bits per heavy atom. The highest BCUT2D eigenvalue weighted by Gasteiger charge is 2.08. The second kappa shape index (κ2) is 5.33. The maximum absolute atomic E-state index is 11.7. The number of benzene rings is 1. The van der Waals surface area contributed by atoms with E-state index in [1.807, 2.05) is 12.1 Å². The van der Waals surface area contributed by atoms with Crippen molar-refractivity contribution in [1.29, 1.82) is 0 Å². The Balaban J connectivity index is 1.99. The lowest BCUT2D eigenvalue weighted by Crippen LogP contribution is -2.21. The molecule has 0 unspecified atom stereocenters. The average Bonchev–Trinajstić information content (AvgIpc) is 2.74. The molecule has 1 amide bonds. The summed E-state index contributed by atoms with van der Waals surface area (Å²) in [7, 11) is 0. The van der Waals surface area contributed by atoms with Gasteiger partial charge in [-0.15, -0.1) is 11.3 Å². The summed E-state index contributed by atoms with van der Waals surface area (Å²) in [5.41, 5.74) is 0.705. The second-order valence-corrected chi connectivity index (χ2v) is 5.88. The van der Waals surface area contributed by atoms with Gasteiger partial charge in [-0.2, -0.15) is 0 Å². The zero-order valence-electron chi connectivity index (χ0n) is 8.81. The molecule has 2 rings (SSSR count). The van der Waals surface area contributed by atoms with Gasteiger partial charge in [0.1, 0.15) is 5.75 Å². The number of para-hydroxylation sites is 1. The van der Waals surface area contributed by atoms with Gasteiger partial charge in [-0.3, -0.25) is 4.79 Å². The van der Waals surface area contributed by atoms with Gasteiger partial charge < -0.3 is 10.4 Å². The Morgan fingerprint density at radius 3 is 2.71 bits per heavy atom. The summed E-state index contributed by atoms with van der Waals surface area (Å²) in [6, 6.07) is 10.5. The third-order valence-corrected chi connectivity index (χ3v) is 3.85. The van der Waals surface area contributed by atoms with E-state index in [2.05, 4.69) is 21.2 Å². The molecule has 0 aliphatic heterocycles. The highest BCUT2D eigenvalue weighted by atomic mass is 79.9. The fourth-order valence-corrected chi connectivity index (χ4v) is 2.66. The van der Waals surface area contributed by atoms with E-state index in [1.54, 1.807) is 24.3 Å². The number of carbonyl (C=O) groups is 1. The first kappa shape index (κ1) is 12.1. The number of nitrogens with one attached hydrogen (secondary N) is 1. The van der Waals surface area contributed by atoms with Crippen molar-refractivity contribution >= 4 is 33.2 Å². The van der Waals surface area contributed by atoms with Gasteiger partial charge in [-0.25, -0.2) is 0 Å². The lowest BCUT2D eigenvalue weighted by Gasteiger charge is -2.05. The number of rotatable bonds is 3. The zero-order chi connectivity index (χ0) is 12.3. The number of amides is 1. The van der Waals surface area contributed by atoms with Crippen LogP contribution in [0.3, 0.4) is 0 Å². The zero-order valence-corrected chi connectivity index (χ0v) is 11.2. The van der Waals surface area contributed by atoms with E-state index in [1.165, 1.54) is 11.3 Å². The second-order valence-electron chi connectivity index (χ2n) is 3.42. The van der Waals surface area contributed by atoms with Crippen LogP contribution in [-0.2, 0) is 6.54 Å². The van der Waals surface area contributed by atoms with Crippen LogP contribution in [0.4, 0.5) is 0 Å². The van der Waals surface area contributed by atoms with E-state index < -0.39 is 0 Å². The first-order chi connectivity index (χ1) is 8.16. The molecule has 2 N–H and O–H groups in total. The Labute approximate surface area is 111 Å². The molecule has 0 spiro atoms. The van der Waals surface area contributed by atoms with Crippen LogP contribution in [0.2, 0.25) is 0 Å². The molecule has 0 saturated carbocycles. The average molecular weight is 312 g/mol. The van der Waals surface area contributed by atoms with Crippen LogP contribution in [0.15, 0.2) is 40.2 Å². The summed E-state index contributed by atoms with van der Waals surface area (Å²) in [6.07, 6.45) is 0. The molecule has 1 heterocycles. The van der Waals surface area contributed by atoms with Gasteiger partial charge in [0.15, 0.2) is 0 Å². The molecule has 88 valence electrons. The van der Waals surface area contributed by atoms with Gasteiger partial charge in [0, 0.05) is 12.1 Å². The topological polar surface area (TPSA) is 49.3 Å². The smallest absolute Gasteiger partial charge is 0.261 e. The van der Waals surface area contributed by atoms with Gasteiger partial charge >= 0.3 is 0 Å². The molecule has 0 bridgehead atoms. The molecule has 0 fully saturated rings. The third kappa shape index (κ3) is 3.08. The number of carbonyl (C=O) groups excluding carboxylic acids is 1. The van der Waals surface area contributed by atoms with Crippen LogP contribution in [0, 0.1) is 0 Å². The number of hydrogen-bond donors (Lipinski definition) is 2. The van der Waals surface area contributed by atoms with Crippen molar-refractivity contribution < 1.29 is 9.90 Å². The number of phenolic OH excluding ortho intramolecular Hbond substituents is 1. The monoisotopic (exact) mass is 311 g/mol. The number of halogens is 1. The quantitative estimate of drug-likeness (QED) is 0.915. The van der Waals surface area contributed by atoms with E-state index in [4.69, 9.17) is 0 Å². The van der Waals surface area contributed by atoms with Crippen LogP contribution in [-0.4, -0.2) is 11.0 Å². The molecule has 0 saturated heterocycles. The standard InChI is InChI=1S/C12H10BrNO2S/c13-11-6-5-10(17-11)12(16)14-7-8-3-1-2-4-9(8)15/h1-6,15H,7H2,(H,14,16). The molecule has 2 aromatic rings. The predicted octanol–water partition coefficient (Wildman–Crippen LogP) is 3.15. The highest BCUT2D eigenvalue weighted by molar-refractivity contribution is 9.11. The number of thiophene rings is 1. The Bertz CT molecular complexity index is 539. The largest absolute Gasteiger partial charge is 0.508 e. The summed E-state index contributed by atoms with van der Waals surface area (Å²) in [6.45, 7) is 0.320. The molecular weight excluding hydrogens is 302 g/mol. The first-order valence-corrected chi connectivity index (χ1v) is 6.58. The predicted molar refractivity (Wildman–Crippen MR) is 71.3 cm³/mol. The van der Waals surface area contributed by atoms with E-state index in [0.29, 0.717) is 17.0 Å². The minimum atomic E-state index is -0.135. The summed E-state index contributed by atoms with van der Waals surface area (Å²) >= 11 is 4.68. The van der Waals surface area contributed by atoms with Gasteiger partial charge in [-0.05, 0) is 34.1 Å². The molecule has 5 heteroatoms. The maximum Gasteiger partial charge on any atom is 0.261 e. The fraction of sp³-hybridized carbons (Fsp3) is 0.0833. The summed E-state index contributed by atoms with van der Waals surface area (Å²) < 4.78 is 0.921. The molecule has 3 nitrogen and oxygen atoms in total. The molecule has 0 aliphatic rings. The van der Waals surface area contributed by atoms with Crippen LogP contribution >= 0.6 is 27.3 Å². The van der Waals surface area contributed by atoms with E-state index in [0.717, 1.165) is 3.79 Å². The Hall–Kier alpha value is -1.33. The fourth-order valence-electron chi connectivity index (χ4n) is 1.36. The number of phenols is 1. The molecule has 17 heavy (non-hydrogen) atoms. The molecule has 1 aromatic carbocycles. The third-order valence-electron chi connectivity index (χ3n) is 2.23. The van der Waals surface area contributed by atoms with Crippen molar-refractivity contribution in [2.45, 2.75) is 6.54 Å². The van der Waals surface area contributed by atoms with E-state index in [9.17, 15) is 9.90 Å². The SMILES string of the molecule is O=C(NCc1ccccc1O)c1ccc(Br)s1. The summed E-state index contributed by atoms with van der Waals surface area (Å²) in [4.78, 5) is 12.4. The van der Waals surface area contributed by atoms with Gasteiger partial charge in [0.05, 0.1) is 8.66 Å². The van der Waals surface area contributed by atoms with E-state index in [-0.39, 0.29) is 11.7 Å². The van der Waals surface area contributed by atoms with Crippen molar-refractivity contribution in [1.82, 2.24) is 5.32 Å².